The Morgan fingerprint density at radius 2 is 2.33 bits per heavy atom. The van der Waals surface area contributed by atoms with Gasteiger partial charge in [-0.1, -0.05) is 26.7 Å². The molecule has 0 aromatic carbocycles. The molecule has 0 aromatic heterocycles. The van der Waals surface area contributed by atoms with Crippen molar-refractivity contribution in [2.75, 3.05) is 19.7 Å². The Labute approximate surface area is 92.5 Å². The molecule has 1 amide bonds. The number of hydrogen-bond acceptors (Lipinski definition) is 2. The van der Waals surface area contributed by atoms with E-state index in [-0.39, 0.29) is 12.5 Å². The fraction of sp³-hybridized carbons (Fsp3) is 0.917. The molecule has 2 atom stereocenters. The Morgan fingerprint density at radius 3 is 2.87 bits per heavy atom. The molecule has 0 saturated carbocycles. The summed E-state index contributed by atoms with van der Waals surface area (Å²) in [5, 5.41) is 8.99. The van der Waals surface area contributed by atoms with Crippen LogP contribution in [0.5, 0.6) is 0 Å². The van der Waals surface area contributed by atoms with Crippen LogP contribution in [-0.4, -0.2) is 35.6 Å². The second-order valence-electron chi connectivity index (χ2n) is 4.77. The molecule has 1 saturated heterocycles. The summed E-state index contributed by atoms with van der Waals surface area (Å²) in [7, 11) is 0. The Bertz CT molecular complexity index is 206. The van der Waals surface area contributed by atoms with Crippen molar-refractivity contribution in [1.29, 1.82) is 0 Å². The van der Waals surface area contributed by atoms with E-state index in [1.807, 2.05) is 4.90 Å². The SMILES string of the molecule is CCCC(C)CC(=O)N1CCC(CO)C1. The minimum absolute atomic E-state index is 0.217. The lowest BCUT2D eigenvalue weighted by atomic mass is 10.0. The quantitative estimate of drug-likeness (QED) is 0.754. The molecule has 0 bridgehead atoms. The number of nitrogens with zero attached hydrogens (tertiary/aromatic N) is 1. The first-order valence-corrected chi connectivity index (χ1v) is 6.06. The van der Waals surface area contributed by atoms with Crippen molar-refractivity contribution in [2.24, 2.45) is 11.8 Å². The van der Waals surface area contributed by atoms with E-state index in [1.165, 1.54) is 0 Å². The molecule has 1 fully saturated rings. The van der Waals surface area contributed by atoms with Gasteiger partial charge >= 0.3 is 0 Å². The van der Waals surface area contributed by atoms with Crippen molar-refractivity contribution in [3.8, 4) is 0 Å². The average Bonchev–Trinajstić information content (AvgIpc) is 2.66. The zero-order valence-corrected chi connectivity index (χ0v) is 9.91. The standard InChI is InChI=1S/C12H23NO2/c1-3-4-10(2)7-12(15)13-6-5-11(8-13)9-14/h10-11,14H,3-9H2,1-2H3. The highest BCUT2D eigenvalue weighted by Gasteiger charge is 2.25. The van der Waals surface area contributed by atoms with E-state index >= 15 is 0 Å². The lowest BCUT2D eigenvalue weighted by Gasteiger charge is -2.18. The van der Waals surface area contributed by atoms with Crippen LogP contribution < -0.4 is 0 Å². The fourth-order valence-electron chi connectivity index (χ4n) is 2.23. The summed E-state index contributed by atoms with van der Waals surface area (Å²) in [6.07, 6.45) is 3.91. The molecule has 15 heavy (non-hydrogen) atoms. The van der Waals surface area contributed by atoms with E-state index in [0.29, 0.717) is 18.3 Å². The number of aliphatic hydroxyl groups excluding tert-OH is 1. The Hall–Kier alpha value is -0.570. The number of rotatable bonds is 5. The van der Waals surface area contributed by atoms with E-state index in [1.54, 1.807) is 0 Å². The minimum Gasteiger partial charge on any atom is -0.396 e. The lowest BCUT2D eigenvalue weighted by molar-refractivity contribution is -0.131. The smallest absolute Gasteiger partial charge is 0.222 e. The molecule has 3 heteroatoms. The Morgan fingerprint density at radius 1 is 1.60 bits per heavy atom. The Kier molecular flexibility index (Phi) is 5.09. The molecule has 0 aliphatic carbocycles. The highest BCUT2D eigenvalue weighted by atomic mass is 16.3. The maximum Gasteiger partial charge on any atom is 0.222 e. The van der Waals surface area contributed by atoms with Crippen molar-refractivity contribution in [2.45, 2.75) is 39.5 Å². The van der Waals surface area contributed by atoms with Gasteiger partial charge in [-0.15, -0.1) is 0 Å². The van der Waals surface area contributed by atoms with Crippen molar-refractivity contribution >= 4 is 5.91 Å². The second kappa shape index (κ2) is 6.11. The summed E-state index contributed by atoms with van der Waals surface area (Å²) in [6, 6.07) is 0. The van der Waals surface area contributed by atoms with Gasteiger partial charge in [0.05, 0.1) is 0 Å². The largest absolute Gasteiger partial charge is 0.396 e. The van der Waals surface area contributed by atoms with Crippen LogP contribution in [0.4, 0.5) is 0 Å². The third-order valence-corrected chi connectivity index (χ3v) is 3.20. The third-order valence-electron chi connectivity index (χ3n) is 3.20. The molecule has 1 aliphatic heterocycles. The van der Waals surface area contributed by atoms with Gasteiger partial charge in [0.25, 0.3) is 0 Å². The maximum atomic E-state index is 11.8. The van der Waals surface area contributed by atoms with Gasteiger partial charge in [-0.25, -0.2) is 0 Å². The van der Waals surface area contributed by atoms with Crippen LogP contribution in [0.15, 0.2) is 0 Å². The third kappa shape index (κ3) is 3.82. The molecular weight excluding hydrogens is 190 g/mol. The molecule has 88 valence electrons. The van der Waals surface area contributed by atoms with Crippen LogP contribution in [0.1, 0.15) is 39.5 Å². The summed E-state index contributed by atoms with van der Waals surface area (Å²) in [6.45, 7) is 6.10. The van der Waals surface area contributed by atoms with Gasteiger partial charge in [0.2, 0.25) is 5.91 Å². The molecular formula is C12H23NO2. The predicted molar refractivity (Wildman–Crippen MR) is 60.5 cm³/mol. The van der Waals surface area contributed by atoms with Crippen LogP contribution >= 0.6 is 0 Å². The molecule has 2 unspecified atom stereocenters. The molecule has 0 spiro atoms. The number of carbonyl (C=O) groups excluding carboxylic acids is 1. The highest BCUT2D eigenvalue weighted by Crippen LogP contribution is 2.19. The van der Waals surface area contributed by atoms with Gasteiger partial charge in [0.1, 0.15) is 0 Å². The van der Waals surface area contributed by atoms with E-state index < -0.39 is 0 Å². The van der Waals surface area contributed by atoms with E-state index in [2.05, 4.69) is 13.8 Å². The van der Waals surface area contributed by atoms with Gasteiger partial charge in [-0.2, -0.15) is 0 Å². The Balaban J connectivity index is 2.29. The number of hydrogen-bond donors (Lipinski definition) is 1. The van der Waals surface area contributed by atoms with Crippen molar-refractivity contribution in [1.82, 2.24) is 4.90 Å². The van der Waals surface area contributed by atoms with Crippen molar-refractivity contribution in [3.05, 3.63) is 0 Å². The van der Waals surface area contributed by atoms with Crippen LogP contribution in [0.2, 0.25) is 0 Å². The normalized spacial score (nSPS) is 23.1. The number of likely N-dealkylation sites (tertiary alicyclic amines) is 1. The first-order chi connectivity index (χ1) is 7.17. The van der Waals surface area contributed by atoms with Gasteiger partial charge < -0.3 is 10.0 Å². The zero-order chi connectivity index (χ0) is 11.3. The summed E-state index contributed by atoms with van der Waals surface area (Å²) in [5.41, 5.74) is 0. The topological polar surface area (TPSA) is 40.5 Å². The van der Waals surface area contributed by atoms with E-state index in [0.717, 1.165) is 32.4 Å². The van der Waals surface area contributed by atoms with Gasteiger partial charge in [0.15, 0.2) is 0 Å². The summed E-state index contributed by atoms with van der Waals surface area (Å²) in [4.78, 5) is 13.7. The number of amides is 1. The molecule has 1 aliphatic rings. The number of carbonyl (C=O) groups is 1. The minimum atomic E-state index is 0.217. The fourth-order valence-corrected chi connectivity index (χ4v) is 2.23. The van der Waals surface area contributed by atoms with Crippen LogP contribution in [0.25, 0.3) is 0 Å². The van der Waals surface area contributed by atoms with Crippen LogP contribution in [-0.2, 0) is 4.79 Å². The molecule has 1 heterocycles. The van der Waals surface area contributed by atoms with Crippen LogP contribution in [0.3, 0.4) is 0 Å². The van der Waals surface area contributed by atoms with Gasteiger partial charge in [-0.05, 0) is 12.3 Å². The van der Waals surface area contributed by atoms with Crippen molar-refractivity contribution in [3.63, 3.8) is 0 Å². The molecule has 0 radical (unpaired) electrons. The highest BCUT2D eigenvalue weighted by molar-refractivity contribution is 5.76. The summed E-state index contributed by atoms with van der Waals surface area (Å²) >= 11 is 0. The van der Waals surface area contributed by atoms with Crippen molar-refractivity contribution < 1.29 is 9.90 Å². The van der Waals surface area contributed by atoms with Crippen LogP contribution in [0, 0.1) is 11.8 Å². The molecule has 1 N–H and O–H groups in total. The second-order valence-corrected chi connectivity index (χ2v) is 4.77. The molecule has 3 nitrogen and oxygen atoms in total. The lowest BCUT2D eigenvalue weighted by Crippen LogP contribution is -2.30. The molecule has 1 rings (SSSR count). The first kappa shape index (κ1) is 12.5. The van der Waals surface area contributed by atoms with E-state index in [9.17, 15) is 4.79 Å². The van der Waals surface area contributed by atoms with Gasteiger partial charge in [0, 0.05) is 32.0 Å². The monoisotopic (exact) mass is 213 g/mol. The zero-order valence-electron chi connectivity index (χ0n) is 9.91. The number of aliphatic hydroxyl groups is 1. The van der Waals surface area contributed by atoms with Gasteiger partial charge in [-0.3, -0.25) is 4.79 Å². The average molecular weight is 213 g/mol. The molecule has 0 aromatic rings. The van der Waals surface area contributed by atoms with E-state index in [4.69, 9.17) is 5.11 Å². The predicted octanol–water partition coefficient (Wildman–Crippen LogP) is 1.65. The first-order valence-electron chi connectivity index (χ1n) is 6.06. The summed E-state index contributed by atoms with van der Waals surface area (Å²) < 4.78 is 0. The summed E-state index contributed by atoms with van der Waals surface area (Å²) in [5.74, 6) is 1.08. The maximum absolute atomic E-state index is 11.8.